The number of halogens is 1. The molecule has 0 aliphatic carbocycles. The Morgan fingerprint density at radius 2 is 1.55 bits per heavy atom. The predicted octanol–water partition coefficient (Wildman–Crippen LogP) is 6.32. The summed E-state index contributed by atoms with van der Waals surface area (Å²) in [4.78, 5) is 37.8. The largest absolute Gasteiger partial charge is 0.489 e. The smallest absolute Gasteiger partial charge is 0.264 e. The van der Waals surface area contributed by atoms with E-state index in [1.807, 2.05) is 44.2 Å². The van der Waals surface area contributed by atoms with E-state index in [1.165, 1.54) is 43.3 Å². The zero-order valence-corrected chi connectivity index (χ0v) is 27.3. The first-order chi connectivity index (χ1) is 22.4. The molecule has 3 amide bonds. The van der Waals surface area contributed by atoms with Crippen LogP contribution in [-0.2, 0) is 32.6 Å². The molecule has 1 unspecified atom stereocenters. The maximum atomic E-state index is 13.8. The zero-order chi connectivity index (χ0) is 34.0. The molecular formula is C36H38FN3O6S. The van der Waals surface area contributed by atoms with E-state index in [-0.39, 0.29) is 47.9 Å². The van der Waals surface area contributed by atoms with Gasteiger partial charge in [-0.25, -0.2) is 17.5 Å². The van der Waals surface area contributed by atoms with Crippen molar-refractivity contribution in [1.29, 1.82) is 0 Å². The molecule has 11 heteroatoms. The van der Waals surface area contributed by atoms with Gasteiger partial charge in [-0.15, -0.1) is 0 Å². The maximum absolute atomic E-state index is 13.8. The van der Waals surface area contributed by atoms with E-state index >= 15 is 0 Å². The molecule has 0 aliphatic heterocycles. The molecule has 4 aromatic carbocycles. The number of carbonyl (C=O) groups excluding carboxylic acids is 3. The van der Waals surface area contributed by atoms with E-state index < -0.39 is 22.0 Å². The van der Waals surface area contributed by atoms with Crippen molar-refractivity contribution in [3.63, 3.8) is 0 Å². The first-order valence-corrected chi connectivity index (χ1v) is 16.7. The maximum Gasteiger partial charge on any atom is 0.264 e. The van der Waals surface area contributed by atoms with Crippen LogP contribution in [0, 0.1) is 11.7 Å². The van der Waals surface area contributed by atoms with Crippen LogP contribution in [-0.4, -0.2) is 26.1 Å². The Hall–Kier alpha value is -5.03. The average Bonchev–Trinajstić information content (AvgIpc) is 3.03. The minimum atomic E-state index is -4.17. The van der Waals surface area contributed by atoms with E-state index in [0.717, 1.165) is 11.1 Å². The summed E-state index contributed by atoms with van der Waals surface area (Å²) in [7, 11) is -4.17. The number of benzene rings is 4. The Labute approximate surface area is 274 Å². The van der Waals surface area contributed by atoms with Crippen LogP contribution < -0.4 is 20.1 Å². The third-order valence-electron chi connectivity index (χ3n) is 7.21. The number of carbonyl (C=O) groups is 3. The van der Waals surface area contributed by atoms with Gasteiger partial charge in [0.1, 0.15) is 18.2 Å². The highest BCUT2D eigenvalue weighted by Crippen LogP contribution is 2.24. The van der Waals surface area contributed by atoms with Gasteiger partial charge in [0, 0.05) is 24.6 Å². The van der Waals surface area contributed by atoms with Gasteiger partial charge in [0.25, 0.3) is 15.9 Å². The van der Waals surface area contributed by atoms with Crippen molar-refractivity contribution >= 4 is 33.4 Å². The molecule has 0 fully saturated rings. The number of para-hydroxylation sites is 1. The Kier molecular flexibility index (Phi) is 11.9. The molecule has 0 aliphatic rings. The lowest BCUT2D eigenvalue weighted by Crippen LogP contribution is -2.32. The Morgan fingerprint density at radius 1 is 0.872 bits per heavy atom. The molecule has 0 heterocycles. The summed E-state index contributed by atoms with van der Waals surface area (Å²) in [5, 5.41) is 5.63. The number of sulfonamides is 1. The first-order valence-electron chi connectivity index (χ1n) is 15.2. The fourth-order valence-corrected chi connectivity index (χ4v) is 5.95. The summed E-state index contributed by atoms with van der Waals surface area (Å²) in [6.45, 7) is 5.58. The number of hydrogen-bond acceptors (Lipinski definition) is 6. The first kappa shape index (κ1) is 34.8. The minimum absolute atomic E-state index is 0.0802. The van der Waals surface area contributed by atoms with Gasteiger partial charge < -0.3 is 15.4 Å². The van der Waals surface area contributed by atoms with E-state index in [9.17, 15) is 27.2 Å². The molecule has 47 heavy (non-hydrogen) atoms. The van der Waals surface area contributed by atoms with Crippen molar-refractivity contribution in [2.24, 2.45) is 5.92 Å². The molecule has 0 aromatic heterocycles. The molecule has 246 valence electrons. The molecular weight excluding hydrogens is 621 g/mol. The van der Waals surface area contributed by atoms with Crippen molar-refractivity contribution in [2.75, 3.05) is 5.32 Å². The lowest BCUT2D eigenvalue weighted by molar-refractivity contribution is -0.119. The number of hydrogen-bond donors (Lipinski definition) is 3. The molecule has 4 rings (SSSR count). The second-order valence-corrected chi connectivity index (χ2v) is 13.2. The Morgan fingerprint density at radius 3 is 2.19 bits per heavy atom. The normalized spacial score (nSPS) is 11.9. The molecule has 4 aromatic rings. The highest BCUT2D eigenvalue weighted by Gasteiger charge is 2.22. The van der Waals surface area contributed by atoms with Crippen molar-refractivity contribution in [3.05, 3.63) is 125 Å². The van der Waals surface area contributed by atoms with Crippen LogP contribution in [0.3, 0.4) is 0 Å². The SMILES string of the molecule is CC(=O)Nc1ccc(S(=O)(=O)NC(=O)CCc2ccc(COc3ccccc3)cc2C(=O)NC(CC(C)C)c2ccc(F)cc2)cc1. The summed E-state index contributed by atoms with van der Waals surface area (Å²) < 4.78 is 47.3. The molecule has 9 nitrogen and oxygen atoms in total. The van der Waals surface area contributed by atoms with Gasteiger partial charge in [-0.1, -0.05) is 56.3 Å². The molecule has 0 saturated heterocycles. The summed E-state index contributed by atoms with van der Waals surface area (Å²) in [5.74, 6) is -0.920. The van der Waals surface area contributed by atoms with Crippen LogP contribution in [0.1, 0.15) is 66.7 Å². The van der Waals surface area contributed by atoms with E-state index in [1.54, 1.807) is 30.3 Å². The monoisotopic (exact) mass is 659 g/mol. The lowest BCUT2D eigenvalue weighted by Gasteiger charge is -2.22. The van der Waals surface area contributed by atoms with Gasteiger partial charge in [0.05, 0.1) is 10.9 Å². The third kappa shape index (κ3) is 10.5. The second-order valence-electron chi connectivity index (χ2n) is 11.5. The van der Waals surface area contributed by atoms with Gasteiger partial charge in [0.15, 0.2) is 0 Å². The van der Waals surface area contributed by atoms with Crippen molar-refractivity contribution in [2.45, 2.75) is 57.6 Å². The molecule has 3 N–H and O–H groups in total. The molecule has 0 spiro atoms. The number of anilines is 1. The van der Waals surface area contributed by atoms with Crippen molar-refractivity contribution in [1.82, 2.24) is 10.0 Å². The van der Waals surface area contributed by atoms with Gasteiger partial charge in [-0.3, -0.25) is 14.4 Å². The number of aryl methyl sites for hydroxylation is 1. The zero-order valence-electron chi connectivity index (χ0n) is 26.5. The van der Waals surface area contributed by atoms with Gasteiger partial charge >= 0.3 is 0 Å². The average molecular weight is 660 g/mol. The number of rotatable bonds is 14. The van der Waals surface area contributed by atoms with Gasteiger partial charge in [0.2, 0.25) is 11.8 Å². The molecule has 1 atom stereocenters. The minimum Gasteiger partial charge on any atom is -0.489 e. The van der Waals surface area contributed by atoms with Gasteiger partial charge in [-0.05, 0) is 90.0 Å². The fraction of sp³-hybridized carbons (Fsp3) is 0.250. The second kappa shape index (κ2) is 16.0. The highest BCUT2D eigenvalue weighted by molar-refractivity contribution is 7.90. The van der Waals surface area contributed by atoms with E-state index in [4.69, 9.17) is 4.74 Å². The fourth-order valence-electron chi connectivity index (χ4n) is 4.94. The molecule has 0 radical (unpaired) electrons. The van der Waals surface area contributed by atoms with E-state index in [0.29, 0.717) is 29.0 Å². The van der Waals surface area contributed by atoms with Crippen LogP contribution in [0.2, 0.25) is 0 Å². The number of ether oxygens (including phenoxy) is 1. The number of amides is 3. The van der Waals surface area contributed by atoms with E-state index in [2.05, 4.69) is 15.4 Å². The van der Waals surface area contributed by atoms with Crippen molar-refractivity contribution < 1.29 is 31.9 Å². The standard InChI is InChI=1S/C36H38FN3O6S/c1-24(2)21-34(28-11-14-29(37)15-12-28)39-36(43)33-22-26(23-46-31-7-5-4-6-8-31)9-10-27(33)13-20-35(42)40-47(44,45)32-18-16-30(17-19-32)38-25(3)41/h4-12,14-19,22,24,34H,13,20-21,23H2,1-3H3,(H,38,41)(H,39,43)(H,40,42). The van der Waals surface area contributed by atoms with Crippen LogP contribution in [0.25, 0.3) is 0 Å². The lowest BCUT2D eigenvalue weighted by atomic mass is 9.95. The number of nitrogens with one attached hydrogen (secondary N) is 3. The Balaban J connectivity index is 1.53. The predicted molar refractivity (Wildman–Crippen MR) is 178 cm³/mol. The van der Waals surface area contributed by atoms with Crippen LogP contribution in [0.5, 0.6) is 5.75 Å². The van der Waals surface area contributed by atoms with Crippen LogP contribution in [0.4, 0.5) is 10.1 Å². The van der Waals surface area contributed by atoms with Crippen LogP contribution in [0.15, 0.2) is 102 Å². The summed E-state index contributed by atoms with van der Waals surface area (Å²) in [5.41, 5.74) is 2.76. The molecule has 0 saturated carbocycles. The topological polar surface area (TPSA) is 131 Å². The summed E-state index contributed by atoms with van der Waals surface area (Å²) in [6.07, 6.45) is 0.475. The van der Waals surface area contributed by atoms with Gasteiger partial charge in [-0.2, -0.15) is 0 Å². The summed E-state index contributed by atoms with van der Waals surface area (Å²) >= 11 is 0. The van der Waals surface area contributed by atoms with Crippen LogP contribution >= 0.6 is 0 Å². The Bertz CT molecular complexity index is 1800. The summed E-state index contributed by atoms with van der Waals surface area (Å²) in [6, 6.07) is 25.5. The quantitative estimate of drug-likeness (QED) is 0.145. The molecule has 0 bridgehead atoms. The highest BCUT2D eigenvalue weighted by atomic mass is 32.2. The van der Waals surface area contributed by atoms with Crippen molar-refractivity contribution in [3.8, 4) is 5.75 Å². The third-order valence-corrected chi connectivity index (χ3v) is 8.60.